The van der Waals surface area contributed by atoms with E-state index in [1.165, 1.54) is 4.68 Å². The number of aromatic nitrogens is 4. The summed E-state index contributed by atoms with van der Waals surface area (Å²) in [5.74, 6) is 0.242. The maximum absolute atomic E-state index is 12.6. The van der Waals surface area contributed by atoms with Gasteiger partial charge >= 0.3 is 5.97 Å². The Kier molecular flexibility index (Phi) is 5.11. The molecule has 0 fully saturated rings. The first-order valence-corrected chi connectivity index (χ1v) is 8.50. The van der Waals surface area contributed by atoms with Crippen molar-refractivity contribution in [3.63, 3.8) is 0 Å². The van der Waals surface area contributed by atoms with Gasteiger partial charge in [0.25, 0.3) is 11.4 Å². The van der Waals surface area contributed by atoms with Gasteiger partial charge in [-0.2, -0.15) is 10.1 Å². The summed E-state index contributed by atoms with van der Waals surface area (Å²) >= 11 is 0. The average molecular weight is 356 g/mol. The summed E-state index contributed by atoms with van der Waals surface area (Å²) in [6, 6.07) is 6.85. The third-order valence-corrected chi connectivity index (χ3v) is 3.82. The number of hydrogen-bond acceptors (Lipinski definition) is 7. The van der Waals surface area contributed by atoms with Crippen LogP contribution in [0.3, 0.4) is 0 Å². The van der Waals surface area contributed by atoms with Crippen LogP contribution in [0.15, 0.2) is 33.6 Å². The Morgan fingerprint density at radius 2 is 2.00 bits per heavy atom. The molecule has 0 bridgehead atoms. The van der Waals surface area contributed by atoms with Crippen molar-refractivity contribution in [1.82, 2.24) is 19.9 Å². The number of aryl methyl sites for hydroxylation is 1. The molecule has 0 saturated carbocycles. The van der Waals surface area contributed by atoms with Crippen molar-refractivity contribution < 1.29 is 14.1 Å². The minimum absolute atomic E-state index is 0.0947. The summed E-state index contributed by atoms with van der Waals surface area (Å²) in [5.41, 5.74) is -0.130. The van der Waals surface area contributed by atoms with Gasteiger partial charge in [0, 0.05) is 17.8 Å². The Hall–Kier alpha value is -3.03. The molecule has 0 saturated heterocycles. The number of esters is 1. The van der Waals surface area contributed by atoms with Crippen LogP contribution in [0.5, 0.6) is 0 Å². The number of ether oxygens (including phenoxy) is 1. The molecule has 0 aliphatic rings. The SMILES string of the molecule is CCCn1nc(C(=O)OCc2nc(C(C)C)no2)c2ccccc2c1=O. The highest BCUT2D eigenvalue weighted by atomic mass is 16.6. The number of fused-ring (bicyclic) bond motifs is 1. The third-order valence-electron chi connectivity index (χ3n) is 3.82. The molecule has 0 radical (unpaired) electrons. The fourth-order valence-corrected chi connectivity index (χ4v) is 2.51. The van der Waals surface area contributed by atoms with Crippen LogP contribution in [0, 0.1) is 0 Å². The Morgan fingerprint density at radius 1 is 1.27 bits per heavy atom. The van der Waals surface area contributed by atoms with Crippen molar-refractivity contribution in [3.05, 3.63) is 52.0 Å². The van der Waals surface area contributed by atoms with E-state index in [9.17, 15) is 9.59 Å². The van der Waals surface area contributed by atoms with E-state index in [2.05, 4.69) is 15.2 Å². The molecular weight excluding hydrogens is 336 g/mol. The molecular formula is C18H20N4O4. The molecule has 26 heavy (non-hydrogen) atoms. The van der Waals surface area contributed by atoms with Crippen LogP contribution in [0.25, 0.3) is 10.8 Å². The van der Waals surface area contributed by atoms with Gasteiger partial charge in [0.2, 0.25) is 0 Å². The van der Waals surface area contributed by atoms with Crippen LogP contribution in [-0.2, 0) is 17.9 Å². The zero-order valence-corrected chi connectivity index (χ0v) is 14.9. The van der Waals surface area contributed by atoms with Gasteiger partial charge in [0.15, 0.2) is 18.1 Å². The van der Waals surface area contributed by atoms with Crippen LogP contribution in [0.1, 0.15) is 55.3 Å². The standard InChI is InChI=1S/C18H20N4O4/c1-4-9-22-17(23)13-8-6-5-7-12(13)15(20-22)18(24)25-10-14-19-16(11(2)3)21-26-14/h5-8,11H,4,9-10H2,1-3H3. The second kappa shape index (κ2) is 7.47. The van der Waals surface area contributed by atoms with Crippen molar-refractivity contribution in [2.75, 3.05) is 0 Å². The number of nitrogens with zero attached hydrogens (tertiary/aromatic N) is 4. The second-order valence-corrected chi connectivity index (χ2v) is 6.20. The number of carbonyl (C=O) groups is 1. The predicted molar refractivity (Wildman–Crippen MR) is 93.8 cm³/mol. The topological polar surface area (TPSA) is 100 Å². The molecule has 2 heterocycles. The van der Waals surface area contributed by atoms with E-state index in [4.69, 9.17) is 9.26 Å². The Labute approximate surface area is 149 Å². The van der Waals surface area contributed by atoms with Crippen molar-refractivity contribution >= 4 is 16.7 Å². The highest BCUT2D eigenvalue weighted by Crippen LogP contribution is 2.16. The summed E-state index contributed by atoms with van der Waals surface area (Å²) in [4.78, 5) is 29.2. The maximum Gasteiger partial charge on any atom is 0.359 e. The van der Waals surface area contributed by atoms with E-state index in [0.717, 1.165) is 6.42 Å². The molecule has 0 amide bonds. The van der Waals surface area contributed by atoms with Crippen LogP contribution in [-0.4, -0.2) is 25.9 Å². The predicted octanol–water partition coefficient (Wildman–Crippen LogP) is 2.67. The highest BCUT2D eigenvalue weighted by Gasteiger charge is 2.19. The second-order valence-electron chi connectivity index (χ2n) is 6.20. The lowest BCUT2D eigenvalue weighted by Crippen LogP contribution is -2.26. The van der Waals surface area contributed by atoms with Gasteiger partial charge in [0.1, 0.15) is 0 Å². The van der Waals surface area contributed by atoms with Gasteiger partial charge in [-0.05, 0) is 12.5 Å². The first kappa shape index (κ1) is 17.8. The monoisotopic (exact) mass is 356 g/mol. The lowest BCUT2D eigenvalue weighted by atomic mass is 10.1. The van der Waals surface area contributed by atoms with Gasteiger partial charge in [0.05, 0.1) is 5.39 Å². The normalized spacial score (nSPS) is 11.2. The zero-order chi connectivity index (χ0) is 18.7. The van der Waals surface area contributed by atoms with Crippen molar-refractivity contribution in [2.45, 2.75) is 46.3 Å². The quantitative estimate of drug-likeness (QED) is 0.626. The van der Waals surface area contributed by atoms with Crippen LogP contribution in [0.4, 0.5) is 0 Å². The summed E-state index contributed by atoms with van der Waals surface area (Å²) in [7, 11) is 0. The number of carbonyl (C=O) groups excluding carboxylic acids is 1. The van der Waals surface area contributed by atoms with Crippen molar-refractivity contribution in [1.29, 1.82) is 0 Å². The molecule has 8 nitrogen and oxygen atoms in total. The van der Waals surface area contributed by atoms with Gasteiger partial charge in [-0.3, -0.25) is 4.79 Å². The molecule has 0 spiro atoms. The molecule has 3 aromatic rings. The molecule has 0 atom stereocenters. The first-order valence-electron chi connectivity index (χ1n) is 8.50. The number of hydrogen-bond donors (Lipinski definition) is 0. The number of rotatable bonds is 6. The Bertz CT molecular complexity index is 990. The maximum atomic E-state index is 12.6. The molecule has 136 valence electrons. The minimum Gasteiger partial charge on any atom is -0.451 e. The van der Waals surface area contributed by atoms with Crippen molar-refractivity contribution in [2.24, 2.45) is 0 Å². The lowest BCUT2D eigenvalue weighted by molar-refractivity contribution is 0.0422. The molecule has 0 unspecified atom stereocenters. The van der Waals surface area contributed by atoms with Gasteiger partial charge in [-0.1, -0.05) is 44.1 Å². The molecule has 0 aliphatic carbocycles. The van der Waals surface area contributed by atoms with E-state index >= 15 is 0 Å². The van der Waals surface area contributed by atoms with Crippen molar-refractivity contribution in [3.8, 4) is 0 Å². The molecule has 8 heteroatoms. The van der Waals surface area contributed by atoms with E-state index in [1.807, 2.05) is 20.8 Å². The van der Waals surface area contributed by atoms with E-state index in [1.54, 1.807) is 24.3 Å². The summed E-state index contributed by atoms with van der Waals surface area (Å²) in [6.45, 7) is 6.08. The van der Waals surface area contributed by atoms with Crippen LogP contribution < -0.4 is 5.56 Å². The largest absolute Gasteiger partial charge is 0.451 e. The van der Waals surface area contributed by atoms with E-state index in [0.29, 0.717) is 23.1 Å². The smallest absolute Gasteiger partial charge is 0.359 e. The van der Waals surface area contributed by atoms with Gasteiger partial charge in [-0.25, -0.2) is 9.48 Å². The lowest BCUT2D eigenvalue weighted by Gasteiger charge is -2.09. The van der Waals surface area contributed by atoms with Gasteiger partial charge < -0.3 is 9.26 Å². The van der Waals surface area contributed by atoms with E-state index in [-0.39, 0.29) is 29.7 Å². The zero-order valence-electron chi connectivity index (χ0n) is 14.9. The minimum atomic E-state index is -0.643. The van der Waals surface area contributed by atoms with E-state index < -0.39 is 5.97 Å². The Morgan fingerprint density at radius 3 is 2.65 bits per heavy atom. The highest BCUT2D eigenvalue weighted by molar-refractivity contribution is 6.02. The molecule has 0 N–H and O–H groups in total. The summed E-state index contributed by atoms with van der Waals surface area (Å²) in [5, 5.41) is 8.92. The van der Waals surface area contributed by atoms with Crippen LogP contribution >= 0.6 is 0 Å². The summed E-state index contributed by atoms with van der Waals surface area (Å²) < 4.78 is 11.6. The average Bonchev–Trinajstić information content (AvgIpc) is 3.11. The first-order chi connectivity index (χ1) is 12.5. The van der Waals surface area contributed by atoms with Gasteiger partial charge in [-0.15, -0.1) is 0 Å². The Balaban J connectivity index is 1.89. The fourth-order valence-electron chi connectivity index (χ4n) is 2.51. The fraction of sp³-hybridized carbons (Fsp3) is 0.389. The molecule has 2 aromatic heterocycles. The number of benzene rings is 1. The third kappa shape index (κ3) is 3.49. The molecule has 0 aliphatic heterocycles. The molecule has 1 aromatic carbocycles. The van der Waals surface area contributed by atoms with Crippen LogP contribution in [0.2, 0.25) is 0 Å². The molecule has 3 rings (SSSR count). The summed E-state index contributed by atoms with van der Waals surface area (Å²) in [6.07, 6.45) is 0.722.